The number of amides is 1. The Kier molecular flexibility index (Phi) is 5.64. The lowest BCUT2D eigenvalue weighted by atomic mass is 10.1. The highest BCUT2D eigenvalue weighted by Gasteiger charge is 2.17. The van der Waals surface area contributed by atoms with E-state index in [9.17, 15) is 4.79 Å². The predicted molar refractivity (Wildman–Crippen MR) is 106 cm³/mol. The number of hydrogen-bond acceptors (Lipinski definition) is 1. The van der Waals surface area contributed by atoms with Gasteiger partial charge in [0, 0.05) is 22.2 Å². The monoisotopic (exact) mass is 427 g/mol. The molecule has 0 radical (unpaired) electrons. The Labute approximate surface area is 156 Å². The normalized spacial score (nSPS) is 10.4. The lowest BCUT2D eigenvalue weighted by Crippen LogP contribution is -2.30. The first-order chi connectivity index (χ1) is 11.7. The molecule has 0 aliphatic carbocycles. The van der Waals surface area contributed by atoms with Gasteiger partial charge in [-0.15, -0.1) is 0 Å². The van der Waals surface area contributed by atoms with Crippen LogP contribution in [0.15, 0.2) is 84.9 Å². The molecular formula is C21H18INO. The van der Waals surface area contributed by atoms with Gasteiger partial charge < -0.3 is 4.90 Å². The van der Waals surface area contributed by atoms with E-state index >= 15 is 0 Å². The minimum Gasteiger partial charge on any atom is -0.330 e. The second-order valence-electron chi connectivity index (χ2n) is 5.64. The van der Waals surface area contributed by atoms with Gasteiger partial charge in [-0.2, -0.15) is 0 Å². The topological polar surface area (TPSA) is 20.3 Å². The van der Waals surface area contributed by atoms with Crippen molar-refractivity contribution in [1.82, 2.24) is 4.90 Å². The fourth-order valence-corrected chi connectivity index (χ4v) is 3.15. The number of hydrogen-bond donors (Lipinski definition) is 0. The van der Waals surface area contributed by atoms with Crippen LogP contribution in [0.5, 0.6) is 0 Å². The standard InChI is InChI=1S/C21H18INO/c22-20-13-7-12-19(14-20)21(24)23(15-17-8-3-1-4-9-17)16-18-10-5-2-6-11-18/h1-14H,15-16H2. The number of nitrogens with zero attached hydrogens (tertiary/aromatic N) is 1. The summed E-state index contributed by atoms with van der Waals surface area (Å²) in [5, 5.41) is 0. The summed E-state index contributed by atoms with van der Waals surface area (Å²) >= 11 is 2.24. The molecule has 3 heteroatoms. The maximum Gasteiger partial charge on any atom is 0.254 e. The number of carbonyl (C=O) groups excluding carboxylic acids is 1. The van der Waals surface area contributed by atoms with E-state index in [1.54, 1.807) is 0 Å². The average Bonchev–Trinajstić information content (AvgIpc) is 2.62. The van der Waals surface area contributed by atoms with Crippen molar-refractivity contribution in [3.05, 3.63) is 105 Å². The van der Waals surface area contributed by atoms with Gasteiger partial charge in [-0.1, -0.05) is 66.7 Å². The van der Waals surface area contributed by atoms with Crippen molar-refractivity contribution in [3.8, 4) is 0 Å². The van der Waals surface area contributed by atoms with Gasteiger partial charge in [-0.25, -0.2) is 0 Å². The van der Waals surface area contributed by atoms with Crippen molar-refractivity contribution in [2.75, 3.05) is 0 Å². The molecule has 2 nitrogen and oxygen atoms in total. The molecule has 0 bridgehead atoms. The number of rotatable bonds is 5. The molecule has 3 rings (SSSR count). The first-order valence-electron chi connectivity index (χ1n) is 7.85. The molecule has 0 heterocycles. The van der Waals surface area contributed by atoms with Crippen LogP contribution in [-0.2, 0) is 13.1 Å². The van der Waals surface area contributed by atoms with E-state index in [0.717, 1.165) is 20.3 Å². The van der Waals surface area contributed by atoms with E-state index in [2.05, 4.69) is 46.9 Å². The second-order valence-corrected chi connectivity index (χ2v) is 6.89. The molecule has 1 amide bonds. The molecule has 0 saturated heterocycles. The highest BCUT2D eigenvalue weighted by Crippen LogP contribution is 2.16. The second kappa shape index (κ2) is 8.11. The Balaban J connectivity index is 1.87. The van der Waals surface area contributed by atoms with Crippen LogP contribution in [0, 0.1) is 3.57 Å². The van der Waals surface area contributed by atoms with Crippen LogP contribution < -0.4 is 0 Å². The summed E-state index contributed by atoms with van der Waals surface area (Å²) in [5.41, 5.74) is 2.99. The van der Waals surface area contributed by atoms with E-state index in [1.165, 1.54) is 0 Å². The van der Waals surface area contributed by atoms with Gasteiger partial charge in [0.1, 0.15) is 0 Å². The number of carbonyl (C=O) groups is 1. The summed E-state index contributed by atoms with van der Waals surface area (Å²) in [4.78, 5) is 14.9. The van der Waals surface area contributed by atoms with Crippen molar-refractivity contribution in [2.24, 2.45) is 0 Å². The van der Waals surface area contributed by atoms with Crippen molar-refractivity contribution < 1.29 is 4.79 Å². The van der Waals surface area contributed by atoms with E-state index < -0.39 is 0 Å². The third-order valence-electron chi connectivity index (χ3n) is 3.79. The molecule has 3 aromatic carbocycles. The molecule has 0 atom stereocenters. The third kappa shape index (κ3) is 4.45. The van der Waals surface area contributed by atoms with E-state index in [0.29, 0.717) is 13.1 Å². The molecular weight excluding hydrogens is 409 g/mol. The fourth-order valence-electron chi connectivity index (χ4n) is 2.61. The van der Waals surface area contributed by atoms with Crippen LogP contribution in [0.3, 0.4) is 0 Å². The molecule has 0 fully saturated rings. The van der Waals surface area contributed by atoms with Gasteiger partial charge in [0.2, 0.25) is 0 Å². The Bertz CT molecular complexity index is 761. The largest absolute Gasteiger partial charge is 0.330 e. The molecule has 0 N–H and O–H groups in total. The number of benzene rings is 3. The molecule has 0 aliphatic rings. The zero-order chi connectivity index (χ0) is 16.8. The zero-order valence-electron chi connectivity index (χ0n) is 13.2. The highest BCUT2D eigenvalue weighted by atomic mass is 127. The van der Waals surface area contributed by atoms with Crippen molar-refractivity contribution >= 4 is 28.5 Å². The summed E-state index contributed by atoms with van der Waals surface area (Å²) < 4.78 is 1.07. The minimum atomic E-state index is 0.0567. The summed E-state index contributed by atoms with van der Waals surface area (Å²) in [6.45, 7) is 1.19. The Morgan fingerprint density at radius 1 is 0.750 bits per heavy atom. The van der Waals surface area contributed by atoms with Gasteiger partial charge in [-0.05, 0) is 51.9 Å². The van der Waals surface area contributed by atoms with Crippen LogP contribution >= 0.6 is 22.6 Å². The molecule has 0 aliphatic heterocycles. The van der Waals surface area contributed by atoms with Crippen LogP contribution in [-0.4, -0.2) is 10.8 Å². The molecule has 0 spiro atoms. The van der Waals surface area contributed by atoms with Crippen LogP contribution in [0.4, 0.5) is 0 Å². The van der Waals surface area contributed by atoms with Gasteiger partial charge in [0.15, 0.2) is 0 Å². The summed E-state index contributed by atoms with van der Waals surface area (Å²) in [6, 6.07) is 28.0. The SMILES string of the molecule is O=C(c1cccc(I)c1)N(Cc1ccccc1)Cc1ccccc1. The van der Waals surface area contributed by atoms with Gasteiger partial charge in [-0.3, -0.25) is 4.79 Å². The Morgan fingerprint density at radius 2 is 1.29 bits per heavy atom. The van der Waals surface area contributed by atoms with Crippen molar-refractivity contribution in [2.45, 2.75) is 13.1 Å². The summed E-state index contributed by atoms with van der Waals surface area (Å²) in [7, 11) is 0. The van der Waals surface area contributed by atoms with Gasteiger partial charge >= 0.3 is 0 Å². The highest BCUT2D eigenvalue weighted by molar-refractivity contribution is 14.1. The molecule has 0 aromatic heterocycles. The van der Waals surface area contributed by atoms with Crippen LogP contribution in [0.25, 0.3) is 0 Å². The Morgan fingerprint density at radius 3 is 1.79 bits per heavy atom. The first-order valence-corrected chi connectivity index (χ1v) is 8.93. The van der Waals surface area contributed by atoms with Crippen LogP contribution in [0.1, 0.15) is 21.5 Å². The Hall–Kier alpha value is -2.14. The third-order valence-corrected chi connectivity index (χ3v) is 4.46. The average molecular weight is 427 g/mol. The number of halogens is 1. The fraction of sp³-hybridized carbons (Fsp3) is 0.0952. The van der Waals surface area contributed by atoms with E-state index in [-0.39, 0.29) is 5.91 Å². The van der Waals surface area contributed by atoms with Crippen molar-refractivity contribution in [1.29, 1.82) is 0 Å². The molecule has 120 valence electrons. The van der Waals surface area contributed by atoms with E-state index in [1.807, 2.05) is 65.6 Å². The molecule has 24 heavy (non-hydrogen) atoms. The molecule has 3 aromatic rings. The molecule has 0 unspecified atom stereocenters. The maximum atomic E-state index is 13.0. The zero-order valence-corrected chi connectivity index (χ0v) is 15.4. The first kappa shape index (κ1) is 16.7. The quantitative estimate of drug-likeness (QED) is 0.517. The van der Waals surface area contributed by atoms with Crippen molar-refractivity contribution in [3.63, 3.8) is 0 Å². The lowest BCUT2D eigenvalue weighted by molar-refractivity contribution is 0.0730. The summed E-state index contributed by atoms with van der Waals surface area (Å²) in [6.07, 6.45) is 0. The minimum absolute atomic E-state index is 0.0567. The molecule has 0 saturated carbocycles. The predicted octanol–water partition coefficient (Wildman–Crippen LogP) is 5.13. The smallest absolute Gasteiger partial charge is 0.254 e. The van der Waals surface area contributed by atoms with Crippen LogP contribution in [0.2, 0.25) is 0 Å². The lowest BCUT2D eigenvalue weighted by Gasteiger charge is -2.23. The maximum absolute atomic E-state index is 13.0. The van der Waals surface area contributed by atoms with Gasteiger partial charge in [0.25, 0.3) is 5.91 Å². The van der Waals surface area contributed by atoms with Gasteiger partial charge in [0.05, 0.1) is 0 Å². The van der Waals surface area contributed by atoms with E-state index in [4.69, 9.17) is 0 Å². The summed E-state index contributed by atoms with van der Waals surface area (Å²) in [5.74, 6) is 0.0567.